The van der Waals surface area contributed by atoms with E-state index < -0.39 is 0 Å². The minimum Gasteiger partial charge on any atom is -0.493 e. The number of Topliss-reactive ketones (excluding diaryl/α,β-unsaturated/α-hetero) is 1. The summed E-state index contributed by atoms with van der Waals surface area (Å²) in [7, 11) is 0. The monoisotopic (exact) mass is 236 g/mol. The normalized spacial score (nSPS) is 10.0. The Morgan fingerprint density at radius 3 is 2.65 bits per heavy atom. The van der Waals surface area contributed by atoms with Crippen LogP contribution in [0.4, 0.5) is 5.69 Å². The summed E-state index contributed by atoms with van der Waals surface area (Å²) >= 11 is 0. The number of hydrogen-bond acceptors (Lipinski definition) is 4. The van der Waals surface area contributed by atoms with Crippen LogP contribution in [-0.2, 0) is 4.79 Å². The van der Waals surface area contributed by atoms with Crippen molar-refractivity contribution >= 4 is 11.5 Å². The van der Waals surface area contributed by atoms with Crippen LogP contribution in [-0.4, -0.2) is 25.5 Å². The van der Waals surface area contributed by atoms with E-state index in [0.29, 0.717) is 19.6 Å². The second-order valence-electron chi connectivity index (χ2n) is 3.89. The number of nitrogens with one attached hydrogen (secondary N) is 1. The van der Waals surface area contributed by atoms with Crippen molar-refractivity contribution in [2.24, 2.45) is 5.73 Å². The average Bonchev–Trinajstić information content (AvgIpc) is 2.31. The van der Waals surface area contributed by atoms with Crippen LogP contribution in [0.1, 0.15) is 19.8 Å². The number of ether oxygens (including phenoxy) is 1. The van der Waals surface area contributed by atoms with E-state index in [4.69, 9.17) is 10.5 Å². The minimum atomic E-state index is 0.144. The molecular weight excluding hydrogens is 216 g/mol. The Hall–Kier alpha value is -1.55. The largest absolute Gasteiger partial charge is 0.493 e. The summed E-state index contributed by atoms with van der Waals surface area (Å²) in [5, 5.41) is 3.26. The molecule has 1 aromatic rings. The number of anilines is 1. The Balaban J connectivity index is 2.31. The van der Waals surface area contributed by atoms with Crippen molar-refractivity contribution in [3.8, 4) is 5.75 Å². The van der Waals surface area contributed by atoms with Crippen LogP contribution >= 0.6 is 0 Å². The van der Waals surface area contributed by atoms with Gasteiger partial charge in [0, 0.05) is 18.7 Å². The number of rotatable bonds is 8. The van der Waals surface area contributed by atoms with Crippen LogP contribution in [0.25, 0.3) is 0 Å². The van der Waals surface area contributed by atoms with Crippen LogP contribution in [0.5, 0.6) is 5.75 Å². The highest BCUT2D eigenvalue weighted by molar-refractivity contribution is 5.75. The molecule has 4 nitrogen and oxygen atoms in total. The molecule has 1 rings (SSSR count). The van der Waals surface area contributed by atoms with Gasteiger partial charge in [-0.25, -0.2) is 0 Å². The molecule has 0 aliphatic heterocycles. The van der Waals surface area contributed by atoms with Crippen molar-refractivity contribution in [2.45, 2.75) is 19.8 Å². The summed E-state index contributed by atoms with van der Waals surface area (Å²) < 4.78 is 5.43. The van der Waals surface area contributed by atoms with Gasteiger partial charge in [-0.15, -0.1) is 0 Å². The fourth-order valence-corrected chi connectivity index (χ4v) is 1.32. The highest BCUT2D eigenvalue weighted by Gasteiger charge is 1.97. The van der Waals surface area contributed by atoms with E-state index >= 15 is 0 Å². The Labute approximate surface area is 102 Å². The Kier molecular flexibility index (Phi) is 6.10. The molecule has 0 amide bonds. The highest BCUT2D eigenvalue weighted by Crippen LogP contribution is 2.15. The number of nitrogens with two attached hydrogens (primary N) is 1. The quantitative estimate of drug-likeness (QED) is 0.676. The molecule has 0 unspecified atom stereocenters. The van der Waals surface area contributed by atoms with E-state index in [2.05, 4.69) is 5.32 Å². The minimum absolute atomic E-state index is 0.144. The van der Waals surface area contributed by atoms with Crippen LogP contribution in [0, 0.1) is 0 Å². The second kappa shape index (κ2) is 7.68. The molecular formula is C13H20N2O2. The Bertz CT molecular complexity index is 336. The van der Waals surface area contributed by atoms with E-state index in [1.54, 1.807) is 6.92 Å². The molecule has 0 atom stereocenters. The van der Waals surface area contributed by atoms with E-state index in [1.165, 1.54) is 0 Å². The molecule has 1 aromatic carbocycles. The fraction of sp³-hybridized carbons (Fsp3) is 0.462. The lowest BCUT2D eigenvalue weighted by molar-refractivity contribution is -0.117. The Morgan fingerprint density at radius 2 is 2.06 bits per heavy atom. The SMILES string of the molecule is CC(=O)CCOc1ccc(NCCCN)cc1. The molecule has 0 saturated heterocycles. The van der Waals surface area contributed by atoms with Gasteiger partial charge < -0.3 is 15.8 Å². The van der Waals surface area contributed by atoms with Gasteiger partial charge in [-0.2, -0.15) is 0 Å². The molecule has 0 heterocycles. The van der Waals surface area contributed by atoms with E-state index in [9.17, 15) is 4.79 Å². The van der Waals surface area contributed by atoms with Crippen molar-refractivity contribution in [3.05, 3.63) is 24.3 Å². The molecule has 0 spiro atoms. The number of carbonyl (C=O) groups excluding carboxylic acids is 1. The lowest BCUT2D eigenvalue weighted by Crippen LogP contribution is -2.08. The predicted molar refractivity (Wildman–Crippen MR) is 69.4 cm³/mol. The first-order valence-corrected chi connectivity index (χ1v) is 5.88. The third-order valence-corrected chi connectivity index (χ3v) is 2.29. The number of ketones is 1. The lowest BCUT2D eigenvalue weighted by Gasteiger charge is -2.08. The van der Waals surface area contributed by atoms with Gasteiger partial charge in [-0.05, 0) is 44.2 Å². The highest BCUT2D eigenvalue weighted by atomic mass is 16.5. The maximum atomic E-state index is 10.7. The topological polar surface area (TPSA) is 64.3 Å². The lowest BCUT2D eigenvalue weighted by atomic mass is 10.3. The van der Waals surface area contributed by atoms with Gasteiger partial charge in [0.25, 0.3) is 0 Å². The van der Waals surface area contributed by atoms with Gasteiger partial charge in [0.05, 0.1) is 6.61 Å². The van der Waals surface area contributed by atoms with Gasteiger partial charge in [-0.1, -0.05) is 0 Å². The molecule has 0 aliphatic rings. The van der Waals surface area contributed by atoms with Gasteiger partial charge in [0.2, 0.25) is 0 Å². The summed E-state index contributed by atoms with van der Waals surface area (Å²) in [6.45, 7) is 3.57. The van der Waals surface area contributed by atoms with Crippen molar-refractivity contribution < 1.29 is 9.53 Å². The molecule has 17 heavy (non-hydrogen) atoms. The maximum absolute atomic E-state index is 10.7. The zero-order chi connectivity index (χ0) is 12.5. The van der Waals surface area contributed by atoms with Gasteiger partial charge >= 0.3 is 0 Å². The van der Waals surface area contributed by atoms with Crippen LogP contribution in [0.2, 0.25) is 0 Å². The van der Waals surface area contributed by atoms with E-state index in [0.717, 1.165) is 24.4 Å². The van der Waals surface area contributed by atoms with Crippen molar-refractivity contribution in [3.63, 3.8) is 0 Å². The first-order valence-electron chi connectivity index (χ1n) is 5.88. The molecule has 0 aliphatic carbocycles. The third-order valence-electron chi connectivity index (χ3n) is 2.29. The first kappa shape index (κ1) is 13.5. The molecule has 0 aromatic heterocycles. The number of hydrogen-bond donors (Lipinski definition) is 2. The summed E-state index contributed by atoms with van der Waals surface area (Å²) in [4.78, 5) is 10.7. The van der Waals surface area contributed by atoms with E-state index in [1.807, 2.05) is 24.3 Å². The van der Waals surface area contributed by atoms with Crippen LogP contribution in [0.15, 0.2) is 24.3 Å². The summed E-state index contributed by atoms with van der Waals surface area (Å²) in [6.07, 6.45) is 1.41. The summed E-state index contributed by atoms with van der Waals surface area (Å²) in [6, 6.07) is 7.70. The Morgan fingerprint density at radius 1 is 1.35 bits per heavy atom. The van der Waals surface area contributed by atoms with E-state index in [-0.39, 0.29) is 5.78 Å². The molecule has 0 fully saturated rings. The van der Waals surface area contributed by atoms with Crippen molar-refractivity contribution in [2.75, 3.05) is 25.0 Å². The van der Waals surface area contributed by atoms with Gasteiger partial charge in [0.15, 0.2) is 0 Å². The van der Waals surface area contributed by atoms with Crippen molar-refractivity contribution in [1.29, 1.82) is 0 Å². The molecule has 0 bridgehead atoms. The predicted octanol–water partition coefficient (Wildman–Crippen LogP) is 1.81. The second-order valence-corrected chi connectivity index (χ2v) is 3.89. The molecule has 3 N–H and O–H groups in total. The summed E-state index contributed by atoms with van der Waals surface area (Å²) in [5.41, 5.74) is 6.46. The average molecular weight is 236 g/mol. The van der Waals surface area contributed by atoms with Crippen LogP contribution < -0.4 is 15.8 Å². The zero-order valence-corrected chi connectivity index (χ0v) is 10.2. The first-order chi connectivity index (χ1) is 8.22. The fourth-order valence-electron chi connectivity index (χ4n) is 1.32. The maximum Gasteiger partial charge on any atom is 0.133 e. The molecule has 0 radical (unpaired) electrons. The molecule has 0 saturated carbocycles. The zero-order valence-electron chi connectivity index (χ0n) is 10.2. The smallest absolute Gasteiger partial charge is 0.133 e. The van der Waals surface area contributed by atoms with Gasteiger partial charge in [-0.3, -0.25) is 4.79 Å². The molecule has 4 heteroatoms. The molecule has 94 valence electrons. The summed E-state index contributed by atoms with van der Waals surface area (Å²) in [5.74, 6) is 0.931. The van der Waals surface area contributed by atoms with Crippen LogP contribution in [0.3, 0.4) is 0 Å². The number of carbonyl (C=O) groups is 1. The third kappa shape index (κ3) is 5.92. The standard InChI is InChI=1S/C13H20N2O2/c1-11(16)7-10-17-13-5-3-12(4-6-13)15-9-2-8-14/h3-6,15H,2,7-10,14H2,1H3. The number of benzene rings is 1. The van der Waals surface area contributed by atoms with Gasteiger partial charge in [0.1, 0.15) is 11.5 Å². The van der Waals surface area contributed by atoms with Crippen molar-refractivity contribution in [1.82, 2.24) is 0 Å².